The van der Waals surface area contributed by atoms with Gasteiger partial charge in [-0.3, -0.25) is 15.0 Å². The number of esters is 1. The van der Waals surface area contributed by atoms with Gasteiger partial charge in [0.1, 0.15) is 29.0 Å². The smallest absolute Gasteiger partial charge is 0.323 e. The molecule has 0 spiro atoms. The molecule has 8 nitrogen and oxygen atoms in total. The molecule has 1 amide bonds. The third-order valence-corrected chi connectivity index (χ3v) is 4.34. The van der Waals surface area contributed by atoms with Crippen molar-refractivity contribution in [2.45, 2.75) is 26.2 Å². The molecule has 2 rings (SSSR count). The molecule has 0 heterocycles. The predicted octanol–water partition coefficient (Wildman–Crippen LogP) is 2.47. The first-order valence-electron chi connectivity index (χ1n) is 9.33. The van der Waals surface area contributed by atoms with Crippen LogP contribution in [-0.2, 0) is 31.4 Å². The van der Waals surface area contributed by atoms with Crippen molar-refractivity contribution >= 4 is 17.7 Å². The van der Waals surface area contributed by atoms with Crippen LogP contribution in [-0.4, -0.2) is 31.4 Å². The van der Waals surface area contributed by atoms with E-state index < -0.39 is 58.6 Å². The quantitative estimate of drug-likeness (QED) is 0.232. The lowest BCUT2D eigenvalue weighted by atomic mass is 10.0. The minimum Gasteiger partial charge on any atom is -0.497 e. The van der Waals surface area contributed by atoms with E-state index >= 15 is 0 Å². The Kier molecular flexibility index (Phi) is 7.82. The van der Waals surface area contributed by atoms with E-state index in [1.165, 1.54) is 20.1 Å². The van der Waals surface area contributed by atoms with Crippen molar-refractivity contribution in [3.63, 3.8) is 0 Å². The van der Waals surface area contributed by atoms with E-state index in [-0.39, 0.29) is 17.9 Å². The molecule has 1 atom stereocenters. The van der Waals surface area contributed by atoms with E-state index in [2.05, 4.69) is 5.32 Å². The van der Waals surface area contributed by atoms with Crippen LogP contribution in [0, 0.1) is 22.9 Å². The number of methoxy groups -OCH3 is 1. The molecule has 172 valence electrons. The summed E-state index contributed by atoms with van der Waals surface area (Å²) in [5.41, 5.74) is 4.06. The number of benzene rings is 2. The van der Waals surface area contributed by atoms with Crippen molar-refractivity contribution in [3.8, 4) is 5.75 Å². The number of nitrogens with two attached hydrogens (primary N) is 1. The molecule has 0 fully saturated rings. The summed E-state index contributed by atoms with van der Waals surface area (Å²) in [7, 11) is 1.31. The summed E-state index contributed by atoms with van der Waals surface area (Å²) in [5.74, 6) is -8.23. The molecule has 32 heavy (non-hydrogen) atoms. The first-order chi connectivity index (χ1) is 15.0. The normalized spacial score (nSPS) is 12.6. The fourth-order valence-corrected chi connectivity index (χ4v) is 2.90. The summed E-state index contributed by atoms with van der Waals surface area (Å²) in [6, 6.07) is 5.08. The van der Waals surface area contributed by atoms with Crippen molar-refractivity contribution in [2.75, 3.05) is 13.7 Å². The molecule has 0 unspecified atom stereocenters. The maximum atomic E-state index is 14.8. The molecular formula is C21H22F3N3O5. The highest BCUT2D eigenvalue weighted by atomic mass is 19.1. The molecule has 2 aromatic rings. The first kappa shape index (κ1) is 24.7. The fourth-order valence-electron chi connectivity index (χ4n) is 2.90. The Balaban J connectivity index is 2.46. The summed E-state index contributed by atoms with van der Waals surface area (Å²) >= 11 is 0. The summed E-state index contributed by atoms with van der Waals surface area (Å²) in [4.78, 5) is 24.8. The Labute approximate surface area is 182 Å². The number of amidine groups is 1. The number of rotatable bonds is 9. The minimum absolute atomic E-state index is 0.134. The Bertz CT molecular complexity index is 1020. The third kappa shape index (κ3) is 5.17. The Morgan fingerprint density at radius 1 is 1.12 bits per heavy atom. The number of ether oxygens (including phenoxy) is 3. The zero-order chi connectivity index (χ0) is 24.1. The summed E-state index contributed by atoms with van der Waals surface area (Å²) in [6.07, 6.45) is 0. The zero-order valence-electron chi connectivity index (χ0n) is 17.6. The van der Waals surface area contributed by atoms with Gasteiger partial charge in [0.15, 0.2) is 0 Å². The van der Waals surface area contributed by atoms with E-state index in [1.54, 1.807) is 0 Å². The molecule has 0 radical (unpaired) electrons. The molecule has 11 heteroatoms. The number of carbonyl (C=O) groups is 2. The van der Waals surface area contributed by atoms with Crippen LogP contribution in [0.1, 0.15) is 30.5 Å². The van der Waals surface area contributed by atoms with Crippen LogP contribution in [0.3, 0.4) is 0 Å². The molecule has 4 N–H and O–H groups in total. The van der Waals surface area contributed by atoms with Crippen molar-refractivity contribution in [2.24, 2.45) is 5.73 Å². The van der Waals surface area contributed by atoms with Gasteiger partial charge in [0.2, 0.25) is 0 Å². The van der Waals surface area contributed by atoms with Gasteiger partial charge in [-0.25, -0.2) is 13.2 Å². The maximum Gasteiger partial charge on any atom is 0.323 e. The van der Waals surface area contributed by atoms with E-state index in [1.807, 2.05) is 0 Å². The molecule has 0 saturated heterocycles. The number of halogens is 3. The number of hydrogen-bond acceptors (Lipinski definition) is 6. The van der Waals surface area contributed by atoms with Gasteiger partial charge < -0.3 is 25.3 Å². The van der Waals surface area contributed by atoms with Crippen LogP contribution in [0.4, 0.5) is 13.2 Å². The van der Waals surface area contributed by atoms with Gasteiger partial charge in [-0.1, -0.05) is 0 Å². The predicted molar refractivity (Wildman–Crippen MR) is 107 cm³/mol. The number of amides is 1. The zero-order valence-corrected chi connectivity index (χ0v) is 17.6. The summed E-state index contributed by atoms with van der Waals surface area (Å²) in [6.45, 7) is 1.60. The molecule has 0 saturated carbocycles. The van der Waals surface area contributed by atoms with E-state index in [4.69, 9.17) is 25.4 Å². The molecule has 0 aliphatic rings. The fraction of sp³-hybridized carbons (Fsp3) is 0.286. The topological polar surface area (TPSA) is 124 Å². The van der Waals surface area contributed by atoms with Crippen molar-refractivity contribution in [1.29, 1.82) is 5.41 Å². The van der Waals surface area contributed by atoms with E-state index in [9.17, 15) is 22.8 Å². The van der Waals surface area contributed by atoms with Crippen molar-refractivity contribution < 1.29 is 37.0 Å². The average Bonchev–Trinajstić information content (AvgIpc) is 2.71. The molecule has 2 aromatic carbocycles. The highest BCUT2D eigenvalue weighted by Crippen LogP contribution is 2.32. The van der Waals surface area contributed by atoms with E-state index in [0.29, 0.717) is 0 Å². The lowest BCUT2D eigenvalue weighted by molar-refractivity contribution is -0.232. The monoisotopic (exact) mass is 453 g/mol. The summed E-state index contributed by atoms with van der Waals surface area (Å²) in [5, 5.41) is 9.48. The second kappa shape index (κ2) is 10.1. The van der Waals surface area contributed by atoms with Crippen LogP contribution in [0.15, 0.2) is 30.3 Å². The minimum atomic E-state index is -2.57. The Morgan fingerprint density at radius 3 is 2.22 bits per heavy atom. The van der Waals surface area contributed by atoms with Gasteiger partial charge in [0, 0.05) is 37.3 Å². The molecule has 0 aromatic heterocycles. The Morgan fingerprint density at radius 2 is 1.75 bits per heavy atom. The van der Waals surface area contributed by atoms with Crippen LogP contribution < -0.4 is 15.8 Å². The van der Waals surface area contributed by atoms with Gasteiger partial charge in [0.25, 0.3) is 5.91 Å². The lowest BCUT2D eigenvalue weighted by Crippen LogP contribution is -2.50. The number of nitrogen functional groups attached to an aromatic ring is 1. The van der Waals surface area contributed by atoms with E-state index in [0.717, 1.165) is 31.2 Å². The van der Waals surface area contributed by atoms with Crippen molar-refractivity contribution in [3.05, 3.63) is 64.5 Å². The van der Waals surface area contributed by atoms with Crippen LogP contribution >= 0.6 is 0 Å². The summed E-state index contributed by atoms with van der Waals surface area (Å²) < 4.78 is 58.8. The first-order valence-corrected chi connectivity index (χ1v) is 9.33. The van der Waals surface area contributed by atoms with Gasteiger partial charge in [-0.15, -0.1) is 0 Å². The number of carbonyl (C=O) groups excluding carboxylic acids is 2. The maximum absolute atomic E-state index is 14.8. The largest absolute Gasteiger partial charge is 0.497 e. The lowest BCUT2D eigenvalue weighted by Gasteiger charge is -2.31. The van der Waals surface area contributed by atoms with Crippen LogP contribution in [0.5, 0.6) is 5.75 Å². The third-order valence-electron chi connectivity index (χ3n) is 4.34. The highest BCUT2D eigenvalue weighted by Gasteiger charge is 2.47. The number of nitrogens with one attached hydrogen (secondary N) is 2. The highest BCUT2D eigenvalue weighted by molar-refractivity contribution is 5.95. The van der Waals surface area contributed by atoms with Gasteiger partial charge in [0.05, 0.1) is 12.7 Å². The molecule has 0 aliphatic heterocycles. The average molecular weight is 453 g/mol. The van der Waals surface area contributed by atoms with Gasteiger partial charge in [-0.05, 0) is 31.2 Å². The second-order valence-corrected chi connectivity index (χ2v) is 6.50. The van der Waals surface area contributed by atoms with Crippen LogP contribution in [0.25, 0.3) is 0 Å². The SMILES string of the molecule is CCO[C@@](OC(C)=O)(C(=O)NCc1c(F)cc(C(=N)N)cc1F)c1ccc(OC)cc1F. The number of hydrogen-bond donors (Lipinski definition) is 3. The molecule has 0 bridgehead atoms. The standard InChI is InChI=1S/C21H22F3N3O5/c1-4-31-21(32-11(2)28,15-6-5-13(30-3)9-18(15)24)20(29)27-10-14-16(22)7-12(19(25)26)8-17(14)23/h5-9H,4,10H2,1-3H3,(H3,25,26)(H,27,29)/t21-/m0/s1. The second-order valence-electron chi connectivity index (χ2n) is 6.50. The molecular weight excluding hydrogens is 431 g/mol. The Hall–Kier alpha value is -3.60. The van der Waals surface area contributed by atoms with Gasteiger partial charge >= 0.3 is 11.8 Å². The van der Waals surface area contributed by atoms with Crippen LogP contribution in [0.2, 0.25) is 0 Å². The van der Waals surface area contributed by atoms with Gasteiger partial charge in [-0.2, -0.15) is 0 Å². The molecule has 0 aliphatic carbocycles. The van der Waals surface area contributed by atoms with Crippen molar-refractivity contribution in [1.82, 2.24) is 5.32 Å².